The number of nitrogens with zero attached hydrogens (tertiary/aromatic N) is 3. The third-order valence-electron chi connectivity index (χ3n) is 4.86. The van der Waals surface area contributed by atoms with Crippen molar-refractivity contribution in [3.8, 4) is 0 Å². The summed E-state index contributed by atoms with van der Waals surface area (Å²) in [6.07, 6.45) is 4.79. The number of hydrogen-bond donors (Lipinski definition) is 0. The van der Waals surface area contributed by atoms with E-state index in [0.717, 1.165) is 42.0 Å². The molecule has 0 N–H and O–H groups in total. The number of likely N-dealkylation sites (tertiary alicyclic amines) is 1. The molecule has 1 aliphatic heterocycles. The molecule has 5 nitrogen and oxygen atoms in total. The molecule has 0 unspecified atom stereocenters. The molecule has 4 rings (SSSR count). The average molecular weight is 323 g/mol. The van der Waals surface area contributed by atoms with Gasteiger partial charge in [0.25, 0.3) is 0 Å². The predicted molar refractivity (Wildman–Crippen MR) is 91.4 cm³/mol. The Morgan fingerprint density at radius 2 is 2.17 bits per heavy atom. The second kappa shape index (κ2) is 6.15. The third-order valence-corrected chi connectivity index (χ3v) is 4.86. The van der Waals surface area contributed by atoms with Crippen LogP contribution in [0, 0.1) is 0 Å². The number of rotatable bonds is 4. The summed E-state index contributed by atoms with van der Waals surface area (Å²) in [5, 5.41) is 0. The van der Waals surface area contributed by atoms with E-state index < -0.39 is 0 Å². The minimum absolute atomic E-state index is 0.0755. The van der Waals surface area contributed by atoms with Crippen LogP contribution in [-0.4, -0.2) is 26.9 Å². The van der Waals surface area contributed by atoms with Gasteiger partial charge in [0, 0.05) is 26.4 Å². The highest BCUT2D eigenvalue weighted by molar-refractivity contribution is 5.78. The van der Waals surface area contributed by atoms with Crippen LogP contribution in [0.15, 0.2) is 47.1 Å². The van der Waals surface area contributed by atoms with Crippen LogP contribution in [0.2, 0.25) is 0 Å². The van der Waals surface area contributed by atoms with Gasteiger partial charge in [0.15, 0.2) is 0 Å². The van der Waals surface area contributed by atoms with Crippen LogP contribution in [0.5, 0.6) is 0 Å². The maximum absolute atomic E-state index is 12.7. The van der Waals surface area contributed by atoms with E-state index in [4.69, 9.17) is 9.40 Å². The van der Waals surface area contributed by atoms with Crippen molar-refractivity contribution in [2.75, 3.05) is 6.54 Å². The Morgan fingerprint density at radius 1 is 1.29 bits per heavy atom. The second-order valence-electron chi connectivity index (χ2n) is 6.34. The summed E-state index contributed by atoms with van der Waals surface area (Å²) >= 11 is 0. The van der Waals surface area contributed by atoms with Crippen molar-refractivity contribution in [3.63, 3.8) is 0 Å². The maximum atomic E-state index is 12.7. The lowest BCUT2D eigenvalue weighted by atomic mass is 10.2. The van der Waals surface area contributed by atoms with Crippen LogP contribution in [0.1, 0.15) is 36.9 Å². The number of fused-ring (bicyclic) bond motifs is 1. The van der Waals surface area contributed by atoms with E-state index in [-0.39, 0.29) is 11.9 Å². The summed E-state index contributed by atoms with van der Waals surface area (Å²) < 4.78 is 7.45. The molecule has 0 radical (unpaired) electrons. The average Bonchev–Trinajstić information content (AvgIpc) is 3.33. The van der Waals surface area contributed by atoms with Crippen molar-refractivity contribution in [2.45, 2.75) is 31.7 Å². The number of furan rings is 1. The lowest BCUT2D eigenvalue weighted by Gasteiger charge is -2.24. The van der Waals surface area contributed by atoms with Crippen LogP contribution < -0.4 is 0 Å². The molecular formula is C19H21N3O2. The monoisotopic (exact) mass is 323 g/mol. The molecule has 1 atom stereocenters. The molecule has 3 heterocycles. The van der Waals surface area contributed by atoms with Crippen molar-refractivity contribution in [1.29, 1.82) is 0 Å². The summed E-state index contributed by atoms with van der Waals surface area (Å²) in [5.74, 6) is 2.03. The summed E-state index contributed by atoms with van der Waals surface area (Å²) in [5.41, 5.74) is 2.10. The maximum Gasteiger partial charge on any atom is 0.223 e. The van der Waals surface area contributed by atoms with Crippen LogP contribution >= 0.6 is 0 Å². The molecule has 1 aliphatic rings. The molecule has 0 bridgehead atoms. The van der Waals surface area contributed by atoms with Gasteiger partial charge in [-0.05, 0) is 37.1 Å². The fraction of sp³-hybridized carbons (Fsp3) is 0.368. The quantitative estimate of drug-likeness (QED) is 0.739. The fourth-order valence-corrected chi connectivity index (χ4v) is 3.62. The summed E-state index contributed by atoms with van der Waals surface area (Å²) in [6.45, 7) is 0.810. The number of aryl methyl sites for hydroxylation is 2. The van der Waals surface area contributed by atoms with Crippen LogP contribution in [0.4, 0.5) is 0 Å². The summed E-state index contributed by atoms with van der Waals surface area (Å²) in [7, 11) is 2.04. The van der Waals surface area contributed by atoms with Gasteiger partial charge >= 0.3 is 0 Å². The zero-order valence-electron chi connectivity index (χ0n) is 13.8. The van der Waals surface area contributed by atoms with E-state index in [1.807, 2.05) is 42.3 Å². The van der Waals surface area contributed by atoms with E-state index >= 15 is 0 Å². The third kappa shape index (κ3) is 2.60. The van der Waals surface area contributed by atoms with Crippen molar-refractivity contribution in [1.82, 2.24) is 14.5 Å². The van der Waals surface area contributed by atoms with Gasteiger partial charge in [0.05, 0.1) is 23.3 Å². The number of carbonyl (C=O) groups excluding carboxylic acids is 1. The van der Waals surface area contributed by atoms with Gasteiger partial charge in [-0.15, -0.1) is 0 Å². The molecular weight excluding hydrogens is 302 g/mol. The fourth-order valence-electron chi connectivity index (χ4n) is 3.62. The largest absolute Gasteiger partial charge is 0.469 e. The number of amides is 1. The number of aromatic nitrogens is 2. The second-order valence-corrected chi connectivity index (χ2v) is 6.34. The lowest BCUT2D eigenvalue weighted by Crippen LogP contribution is -2.32. The van der Waals surface area contributed by atoms with E-state index in [1.54, 1.807) is 6.26 Å². The smallest absolute Gasteiger partial charge is 0.223 e. The number of carbonyl (C=O) groups is 1. The molecule has 1 saturated heterocycles. The number of hydrogen-bond acceptors (Lipinski definition) is 3. The van der Waals surface area contributed by atoms with E-state index in [9.17, 15) is 4.79 Å². The van der Waals surface area contributed by atoms with Crippen molar-refractivity contribution in [3.05, 3.63) is 54.2 Å². The standard InChI is InChI=1S/C19H21N3O2/c1-21-16-8-3-2-7-15(16)20-19(21)17-9-4-12-22(17)18(23)11-10-14-6-5-13-24-14/h2-3,5-8,13,17H,4,9-12H2,1H3/t17-/m1/s1. The van der Waals surface area contributed by atoms with E-state index in [2.05, 4.69) is 10.6 Å². The van der Waals surface area contributed by atoms with Crippen molar-refractivity contribution in [2.24, 2.45) is 7.05 Å². The number of para-hydroxylation sites is 2. The van der Waals surface area contributed by atoms with Crippen LogP contribution in [0.3, 0.4) is 0 Å². The van der Waals surface area contributed by atoms with Gasteiger partial charge in [-0.1, -0.05) is 12.1 Å². The molecule has 24 heavy (non-hydrogen) atoms. The first kappa shape index (κ1) is 15.0. The Kier molecular flexibility index (Phi) is 3.84. The molecule has 0 saturated carbocycles. The Labute approximate surface area is 140 Å². The Balaban J connectivity index is 1.55. The first-order valence-corrected chi connectivity index (χ1v) is 8.47. The van der Waals surface area contributed by atoms with E-state index in [1.165, 1.54) is 0 Å². The highest BCUT2D eigenvalue weighted by atomic mass is 16.3. The van der Waals surface area contributed by atoms with E-state index in [0.29, 0.717) is 12.8 Å². The molecule has 0 aliphatic carbocycles. The Bertz CT molecular complexity index is 851. The topological polar surface area (TPSA) is 51.3 Å². The molecule has 5 heteroatoms. The first-order valence-electron chi connectivity index (χ1n) is 8.47. The normalized spacial score (nSPS) is 17.7. The van der Waals surface area contributed by atoms with Crippen LogP contribution in [0.25, 0.3) is 11.0 Å². The van der Waals surface area contributed by atoms with Gasteiger partial charge in [0.2, 0.25) is 5.91 Å². The lowest BCUT2D eigenvalue weighted by molar-refractivity contribution is -0.132. The minimum atomic E-state index is 0.0755. The predicted octanol–water partition coefficient (Wildman–Crippen LogP) is 3.46. The summed E-state index contributed by atoms with van der Waals surface area (Å²) in [4.78, 5) is 19.5. The zero-order valence-corrected chi connectivity index (χ0v) is 13.8. The van der Waals surface area contributed by atoms with Crippen molar-refractivity contribution < 1.29 is 9.21 Å². The Morgan fingerprint density at radius 3 is 2.96 bits per heavy atom. The van der Waals surface area contributed by atoms with Gasteiger partial charge in [-0.2, -0.15) is 0 Å². The molecule has 2 aromatic heterocycles. The molecule has 1 amide bonds. The molecule has 124 valence electrons. The van der Waals surface area contributed by atoms with Gasteiger partial charge in [-0.3, -0.25) is 4.79 Å². The Hall–Kier alpha value is -2.56. The molecule has 3 aromatic rings. The summed E-state index contributed by atoms with van der Waals surface area (Å²) in [6, 6.07) is 12.0. The molecule has 1 aromatic carbocycles. The van der Waals surface area contributed by atoms with Gasteiger partial charge in [0.1, 0.15) is 11.6 Å². The highest BCUT2D eigenvalue weighted by Crippen LogP contribution is 2.33. The minimum Gasteiger partial charge on any atom is -0.469 e. The first-order chi connectivity index (χ1) is 11.7. The highest BCUT2D eigenvalue weighted by Gasteiger charge is 2.32. The molecule has 0 spiro atoms. The number of benzene rings is 1. The zero-order chi connectivity index (χ0) is 16.5. The van der Waals surface area contributed by atoms with Crippen molar-refractivity contribution >= 4 is 16.9 Å². The van der Waals surface area contributed by atoms with Gasteiger partial charge < -0.3 is 13.9 Å². The number of imidazole rings is 1. The molecule has 1 fully saturated rings. The SMILES string of the molecule is Cn1c([C@H]2CCCN2C(=O)CCc2ccco2)nc2ccccc21. The van der Waals surface area contributed by atoms with Crippen LogP contribution in [-0.2, 0) is 18.3 Å². The van der Waals surface area contributed by atoms with Gasteiger partial charge in [-0.25, -0.2) is 4.98 Å².